The molecule has 0 aromatic heterocycles. The molecule has 0 bridgehead atoms. The van der Waals surface area contributed by atoms with Crippen LogP contribution in [-0.4, -0.2) is 10.1 Å². The lowest BCUT2D eigenvalue weighted by Gasteiger charge is -2.16. The van der Waals surface area contributed by atoms with Gasteiger partial charge >= 0.3 is 0 Å². The maximum atomic E-state index is 10.5. The topological polar surface area (TPSA) is 66.6 Å². The minimum atomic E-state index is -0.478. The first-order chi connectivity index (χ1) is 8.18. The molecule has 0 saturated heterocycles. The number of anilines is 2. The van der Waals surface area contributed by atoms with Crippen LogP contribution >= 0.6 is 0 Å². The van der Waals surface area contributed by atoms with Crippen LogP contribution in [0.25, 0.3) is 0 Å². The summed E-state index contributed by atoms with van der Waals surface area (Å²) in [4.78, 5) is 10.0. The van der Waals surface area contributed by atoms with E-state index in [1.807, 2.05) is 6.07 Å². The van der Waals surface area contributed by atoms with Gasteiger partial charge in [-0.25, -0.2) is 5.06 Å². The van der Waals surface area contributed by atoms with Crippen LogP contribution in [0.5, 0.6) is 0 Å². The summed E-state index contributed by atoms with van der Waals surface area (Å²) in [6, 6.07) is 14.6. The number of para-hydroxylation sites is 1. The van der Waals surface area contributed by atoms with E-state index >= 15 is 0 Å². The van der Waals surface area contributed by atoms with Crippen LogP contribution in [0, 0.1) is 10.1 Å². The van der Waals surface area contributed by atoms with Crippen LogP contribution in [-0.2, 0) is 0 Å². The summed E-state index contributed by atoms with van der Waals surface area (Å²) < 4.78 is 0. The molecule has 2 aromatic carbocycles. The van der Waals surface area contributed by atoms with Crippen LogP contribution in [0.3, 0.4) is 0 Å². The van der Waals surface area contributed by atoms with Gasteiger partial charge in [0.15, 0.2) is 0 Å². The molecule has 17 heavy (non-hydrogen) atoms. The number of nitro benzene ring substituents is 1. The molecule has 0 atom stereocenters. The Bertz CT molecular complexity index is 511. The lowest BCUT2D eigenvalue weighted by molar-refractivity contribution is -0.384. The molecular weight excluding hydrogens is 220 g/mol. The van der Waals surface area contributed by atoms with E-state index < -0.39 is 4.92 Å². The fourth-order valence-corrected chi connectivity index (χ4v) is 1.43. The van der Waals surface area contributed by atoms with Gasteiger partial charge in [-0.15, -0.1) is 0 Å². The molecule has 0 unspecified atom stereocenters. The minimum Gasteiger partial charge on any atom is -0.284 e. The first kappa shape index (κ1) is 11.1. The summed E-state index contributed by atoms with van der Waals surface area (Å²) in [6.45, 7) is 0. The van der Waals surface area contributed by atoms with Crippen LogP contribution in [0.15, 0.2) is 54.6 Å². The molecule has 1 N–H and O–H groups in total. The zero-order valence-corrected chi connectivity index (χ0v) is 8.85. The molecule has 86 valence electrons. The maximum absolute atomic E-state index is 10.5. The summed E-state index contributed by atoms with van der Waals surface area (Å²) in [5.74, 6) is 0. The minimum absolute atomic E-state index is 0.00443. The van der Waals surface area contributed by atoms with Crippen molar-refractivity contribution in [3.05, 3.63) is 64.7 Å². The van der Waals surface area contributed by atoms with Crippen molar-refractivity contribution in [3.8, 4) is 0 Å². The standard InChI is InChI=1S/C12H10N2O3/c15-13(10-4-2-1-3-5-10)11-6-8-12(9-7-11)14(16)17/h1-9,15H. The Morgan fingerprint density at radius 1 is 0.941 bits per heavy atom. The highest BCUT2D eigenvalue weighted by molar-refractivity contribution is 5.61. The van der Waals surface area contributed by atoms with Gasteiger partial charge in [0.25, 0.3) is 5.69 Å². The molecule has 0 amide bonds. The fraction of sp³-hybridized carbons (Fsp3) is 0. The van der Waals surface area contributed by atoms with Gasteiger partial charge in [-0.1, -0.05) is 18.2 Å². The molecule has 0 heterocycles. The van der Waals surface area contributed by atoms with Crippen molar-refractivity contribution in [2.75, 3.05) is 5.06 Å². The van der Waals surface area contributed by atoms with Gasteiger partial charge in [0.2, 0.25) is 0 Å². The predicted molar refractivity (Wildman–Crippen MR) is 63.5 cm³/mol. The monoisotopic (exact) mass is 230 g/mol. The smallest absolute Gasteiger partial charge is 0.269 e. The third-order valence-corrected chi connectivity index (χ3v) is 2.31. The van der Waals surface area contributed by atoms with E-state index in [0.29, 0.717) is 11.4 Å². The highest BCUT2D eigenvalue weighted by Gasteiger charge is 2.08. The summed E-state index contributed by atoms with van der Waals surface area (Å²) in [5, 5.41) is 21.3. The number of nitro groups is 1. The van der Waals surface area contributed by atoms with E-state index in [1.165, 1.54) is 24.3 Å². The van der Waals surface area contributed by atoms with Gasteiger partial charge in [0, 0.05) is 12.1 Å². The van der Waals surface area contributed by atoms with Crippen LogP contribution in [0.2, 0.25) is 0 Å². The molecule has 0 radical (unpaired) electrons. The molecule has 0 aliphatic rings. The number of nitrogens with zero attached hydrogens (tertiary/aromatic N) is 2. The molecule has 0 fully saturated rings. The largest absolute Gasteiger partial charge is 0.284 e. The van der Waals surface area contributed by atoms with Crippen molar-refractivity contribution in [1.82, 2.24) is 0 Å². The van der Waals surface area contributed by atoms with Crippen molar-refractivity contribution >= 4 is 17.1 Å². The molecule has 0 aliphatic carbocycles. The number of benzene rings is 2. The Hall–Kier alpha value is -2.40. The van der Waals surface area contributed by atoms with Crippen LogP contribution in [0.1, 0.15) is 0 Å². The molecule has 0 saturated carbocycles. The molecule has 0 spiro atoms. The molecule has 2 rings (SSSR count). The van der Waals surface area contributed by atoms with Crippen LogP contribution in [0.4, 0.5) is 17.1 Å². The predicted octanol–water partition coefficient (Wildman–Crippen LogP) is 3.12. The summed E-state index contributed by atoms with van der Waals surface area (Å²) in [5.41, 5.74) is 1.07. The van der Waals surface area contributed by atoms with Crippen molar-refractivity contribution < 1.29 is 10.1 Å². The van der Waals surface area contributed by atoms with E-state index in [0.717, 1.165) is 5.06 Å². The number of rotatable bonds is 3. The quantitative estimate of drug-likeness (QED) is 0.649. The molecule has 5 nitrogen and oxygen atoms in total. The molecular formula is C12H10N2O3. The Kier molecular flexibility index (Phi) is 3.02. The number of non-ortho nitro benzene ring substituents is 1. The van der Waals surface area contributed by atoms with Crippen molar-refractivity contribution in [1.29, 1.82) is 0 Å². The van der Waals surface area contributed by atoms with Crippen molar-refractivity contribution in [3.63, 3.8) is 0 Å². The zero-order chi connectivity index (χ0) is 12.3. The summed E-state index contributed by atoms with van der Waals surface area (Å²) in [7, 11) is 0. The van der Waals surface area contributed by atoms with E-state index in [-0.39, 0.29) is 5.69 Å². The van der Waals surface area contributed by atoms with Crippen molar-refractivity contribution in [2.24, 2.45) is 0 Å². The van der Waals surface area contributed by atoms with E-state index in [2.05, 4.69) is 0 Å². The maximum Gasteiger partial charge on any atom is 0.269 e. The van der Waals surface area contributed by atoms with Crippen molar-refractivity contribution in [2.45, 2.75) is 0 Å². The second-order valence-corrected chi connectivity index (χ2v) is 3.42. The lowest BCUT2D eigenvalue weighted by atomic mass is 10.2. The van der Waals surface area contributed by atoms with Crippen LogP contribution < -0.4 is 5.06 Å². The Labute approximate surface area is 97.6 Å². The summed E-state index contributed by atoms with van der Waals surface area (Å²) >= 11 is 0. The highest BCUT2D eigenvalue weighted by atomic mass is 16.6. The first-order valence-corrected chi connectivity index (χ1v) is 4.97. The van der Waals surface area contributed by atoms with Gasteiger partial charge in [0.1, 0.15) is 0 Å². The SMILES string of the molecule is O=[N+]([O-])c1ccc(N(O)c2ccccc2)cc1. The Morgan fingerprint density at radius 2 is 1.47 bits per heavy atom. The average Bonchev–Trinajstić information content (AvgIpc) is 2.39. The normalized spacial score (nSPS) is 9.94. The third kappa shape index (κ3) is 2.40. The Morgan fingerprint density at radius 3 is 2.00 bits per heavy atom. The van der Waals surface area contributed by atoms with E-state index in [4.69, 9.17) is 0 Å². The van der Waals surface area contributed by atoms with Gasteiger partial charge < -0.3 is 0 Å². The molecule has 0 aliphatic heterocycles. The van der Waals surface area contributed by atoms with Gasteiger partial charge in [0.05, 0.1) is 16.3 Å². The zero-order valence-electron chi connectivity index (χ0n) is 8.85. The van der Waals surface area contributed by atoms with Gasteiger partial charge in [-0.05, 0) is 24.3 Å². The molecule has 2 aromatic rings. The highest BCUT2D eigenvalue weighted by Crippen LogP contribution is 2.24. The third-order valence-electron chi connectivity index (χ3n) is 2.31. The second kappa shape index (κ2) is 4.63. The second-order valence-electron chi connectivity index (χ2n) is 3.42. The lowest BCUT2D eigenvalue weighted by Crippen LogP contribution is -2.09. The number of hydrogen-bond donors (Lipinski definition) is 1. The van der Waals surface area contributed by atoms with E-state index in [1.54, 1.807) is 24.3 Å². The molecule has 5 heteroatoms. The number of hydrogen-bond acceptors (Lipinski definition) is 4. The first-order valence-electron chi connectivity index (χ1n) is 4.97. The Balaban J connectivity index is 2.26. The van der Waals surface area contributed by atoms with E-state index in [9.17, 15) is 15.3 Å². The fourth-order valence-electron chi connectivity index (χ4n) is 1.43. The average molecular weight is 230 g/mol. The van der Waals surface area contributed by atoms with Gasteiger partial charge in [-0.3, -0.25) is 15.3 Å². The summed E-state index contributed by atoms with van der Waals surface area (Å²) in [6.07, 6.45) is 0. The van der Waals surface area contributed by atoms with Gasteiger partial charge in [-0.2, -0.15) is 0 Å².